The number of unbranched alkanes of at least 4 members (excludes halogenated alkanes) is 6. The van der Waals surface area contributed by atoms with Crippen molar-refractivity contribution in [2.24, 2.45) is 5.73 Å². The highest BCUT2D eigenvalue weighted by Gasteiger charge is 2.33. The first-order valence-corrected chi connectivity index (χ1v) is 8.66. The normalized spacial score (nSPS) is 18.9. The summed E-state index contributed by atoms with van der Waals surface area (Å²) < 4.78 is 0. The molecule has 0 saturated heterocycles. The molecule has 19 heavy (non-hydrogen) atoms. The number of likely N-dealkylation sites (N-methyl/N-ethyl adjacent to an activating group) is 1. The molecule has 0 radical (unpaired) electrons. The van der Waals surface area contributed by atoms with Crippen LogP contribution in [0.4, 0.5) is 0 Å². The van der Waals surface area contributed by atoms with E-state index in [-0.39, 0.29) is 0 Å². The molecule has 1 aliphatic carbocycles. The third-order valence-corrected chi connectivity index (χ3v) is 5.07. The summed E-state index contributed by atoms with van der Waals surface area (Å²) in [5, 5.41) is 0. The third kappa shape index (κ3) is 5.83. The molecule has 1 saturated carbocycles. The van der Waals surface area contributed by atoms with Gasteiger partial charge >= 0.3 is 0 Å². The van der Waals surface area contributed by atoms with Gasteiger partial charge in [0.15, 0.2) is 0 Å². The minimum Gasteiger partial charge on any atom is -0.329 e. The molecule has 0 heterocycles. The van der Waals surface area contributed by atoms with Gasteiger partial charge in [-0.25, -0.2) is 0 Å². The highest BCUT2D eigenvalue weighted by Crippen LogP contribution is 2.32. The molecule has 2 N–H and O–H groups in total. The molecule has 0 atom stereocenters. The summed E-state index contributed by atoms with van der Waals surface area (Å²) in [5.74, 6) is 0. The number of nitrogens with two attached hydrogens (primary N) is 1. The summed E-state index contributed by atoms with van der Waals surface area (Å²) >= 11 is 0. The van der Waals surface area contributed by atoms with Crippen LogP contribution in [0.2, 0.25) is 0 Å². The molecule has 114 valence electrons. The first kappa shape index (κ1) is 17.0. The van der Waals surface area contributed by atoms with Crippen molar-refractivity contribution in [3.63, 3.8) is 0 Å². The third-order valence-electron chi connectivity index (χ3n) is 5.07. The predicted molar refractivity (Wildman–Crippen MR) is 85.5 cm³/mol. The van der Waals surface area contributed by atoms with Gasteiger partial charge in [0.2, 0.25) is 0 Å². The fraction of sp³-hybridized carbons (Fsp3) is 1.00. The maximum atomic E-state index is 6.08. The standard InChI is InChI=1S/C17H36N2/c1-3-4-5-6-7-8-12-15-19(2)17(16-18)13-10-9-11-14-17/h3-16,18H2,1-2H3. The van der Waals surface area contributed by atoms with Crippen molar-refractivity contribution in [1.82, 2.24) is 4.90 Å². The van der Waals surface area contributed by atoms with E-state index in [4.69, 9.17) is 5.73 Å². The molecule has 0 aromatic carbocycles. The first-order valence-electron chi connectivity index (χ1n) is 8.66. The molecule has 1 aliphatic rings. The zero-order valence-corrected chi connectivity index (χ0v) is 13.4. The number of nitrogens with zero attached hydrogens (tertiary/aromatic N) is 1. The molecular formula is C17H36N2. The van der Waals surface area contributed by atoms with E-state index in [1.54, 1.807) is 0 Å². The predicted octanol–water partition coefficient (Wildman–Crippen LogP) is 4.33. The molecule has 0 amide bonds. The summed E-state index contributed by atoms with van der Waals surface area (Å²) in [6.45, 7) is 4.37. The van der Waals surface area contributed by atoms with Crippen LogP contribution in [-0.2, 0) is 0 Å². The van der Waals surface area contributed by atoms with Crippen molar-refractivity contribution in [2.45, 2.75) is 89.5 Å². The van der Waals surface area contributed by atoms with Gasteiger partial charge in [-0.2, -0.15) is 0 Å². The van der Waals surface area contributed by atoms with Crippen molar-refractivity contribution in [2.75, 3.05) is 20.1 Å². The van der Waals surface area contributed by atoms with Crippen LogP contribution in [0.1, 0.15) is 84.0 Å². The monoisotopic (exact) mass is 268 g/mol. The van der Waals surface area contributed by atoms with E-state index in [1.165, 1.54) is 83.6 Å². The Morgan fingerprint density at radius 3 is 2.05 bits per heavy atom. The number of rotatable bonds is 10. The van der Waals surface area contributed by atoms with Gasteiger partial charge in [0, 0.05) is 12.1 Å². The van der Waals surface area contributed by atoms with Crippen LogP contribution in [0.25, 0.3) is 0 Å². The van der Waals surface area contributed by atoms with Crippen molar-refractivity contribution in [1.29, 1.82) is 0 Å². The molecule has 2 nitrogen and oxygen atoms in total. The summed E-state index contributed by atoms with van der Waals surface area (Å²) in [6, 6.07) is 0. The summed E-state index contributed by atoms with van der Waals surface area (Å²) in [5.41, 5.74) is 6.42. The Bertz CT molecular complexity index is 209. The maximum Gasteiger partial charge on any atom is 0.0328 e. The highest BCUT2D eigenvalue weighted by atomic mass is 15.2. The van der Waals surface area contributed by atoms with E-state index in [2.05, 4.69) is 18.9 Å². The molecule has 0 aromatic heterocycles. The second-order valence-corrected chi connectivity index (χ2v) is 6.53. The van der Waals surface area contributed by atoms with Gasteiger partial charge in [-0.05, 0) is 32.9 Å². The minimum absolute atomic E-state index is 0.334. The molecule has 1 rings (SSSR count). The zero-order valence-electron chi connectivity index (χ0n) is 13.4. The molecule has 0 aromatic rings. The van der Waals surface area contributed by atoms with Gasteiger partial charge < -0.3 is 5.73 Å². The molecule has 1 fully saturated rings. The van der Waals surface area contributed by atoms with E-state index in [0.717, 1.165) is 6.54 Å². The smallest absolute Gasteiger partial charge is 0.0328 e. The lowest BCUT2D eigenvalue weighted by atomic mass is 9.80. The molecule has 0 aliphatic heterocycles. The Morgan fingerprint density at radius 1 is 0.895 bits per heavy atom. The Labute approximate surface area is 121 Å². The fourth-order valence-corrected chi connectivity index (χ4v) is 3.49. The van der Waals surface area contributed by atoms with Crippen LogP contribution < -0.4 is 5.73 Å². The van der Waals surface area contributed by atoms with E-state index in [0.29, 0.717) is 5.54 Å². The Balaban J connectivity index is 2.13. The zero-order chi connectivity index (χ0) is 14.0. The summed E-state index contributed by atoms with van der Waals surface area (Å²) in [7, 11) is 2.30. The number of hydrogen-bond donors (Lipinski definition) is 1. The summed E-state index contributed by atoms with van der Waals surface area (Å²) in [4.78, 5) is 2.58. The van der Waals surface area contributed by atoms with Crippen LogP contribution in [0, 0.1) is 0 Å². The van der Waals surface area contributed by atoms with Crippen LogP contribution in [0.3, 0.4) is 0 Å². The van der Waals surface area contributed by atoms with Crippen LogP contribution in [-0.4, -0.2) is 30.6 Å². The van der Waals surface area contributed by atoms with Gasteiger partial charge in [0.1, 0.15) is 0 Å². The van der Waals surface area contributed by atoms with Gasteiger partial charge in [0.25, 0.3) is 0 Å². The van der Waals surface area contributed by atoms with Gasteiger partial charge in [-0.15, -0.1) is 0 Å². The Hall–Kier alpha value is -0.0800. The Morgan fingerprint density at radius 2 is 1.47 bits per heavy atom. The van der Waals surface area contributed by atoms with E-state index < -0.39 is 0 Å². The molecule has 0 unspecified atom stereocenters. The van der Waals surface area contributed by atoms with Crippen molar-refractivity contribution in [3.05, 3.63) is 0 Å². The molecular weight excluding hydrogens is 232 g/mol. The first-order chi connectivity index (χ1) is 9.25. The second-order valence-electron chi connectivity index (χ2n) is 6.53. The van der Waals surface area contributed by atoms with Crippen LogP contribution in [0.5, 0.6) is 0 Å². The van der Waals surface area contributed by atoms with Crippen LogP contribution >= 0.6 is 0 Å². The van der Waals surface area contributed by atoms with Gasteiger partial charge in [0.05, 0.1) is 0 Å². The van der Waals surface area contributed by atoms with Gasteiger partial charge in [-0.3, -0.25) is 4.90 Å². The molecule has 0 bridgehead atoms. The van der Waals surface area contributed by atoms with Crippen LogP contribution in [0.15, 0.2) is 0 Å². The van der Waals surface area contributed by atoms with E-state index in [1.807, 2.05) is 0 Å². The van der Waals surface area contributed by atoms with Crippen molar-refractivity contribution >= 4 is 0 Å². The lowest BCUT2D eigenvalue weighted by Crippen LogP contribution is -2.53. The van der Waals surface area contributed by atoms with E-state index >= 15 is 0 Å². The maximum absolute atomic E-state index is 6.08. The highest BCUT2D eigenvalue weighted by molar-refractivity contribution is 4.92. The van der Waals surface area contributed by atoms with Crippen molar-refractivity contribution < 1.29 is 0 Å². The fourth-order valence-electron chi connectivity index (χ4n) is 3.49. The lowest BCUT2D eigenvalue weighted by molar-refractivity contribution is 0.0809. The van der Waals surface area contributed by atoms with E-state index in [9.17, 15) is 0 Å². The lowest BCUT2D eigenvalue weighted by Gasteiger charge is -2.44. The largest absolute Gasteiger partial charge is 0.329 e. The van der Waals surface area contributed by atoms with Crippen molar-refractivity contribution in [3.8, 4) is 0 Å². The topological polar surface area (TPSA) is 29.3 Å². The SMILES string of the molecule is CCCCCCCCCN(C)C1(CN)CCCCC1. The quantitative estimate of drug-likeness (QED) is 0.598. The summed E-state index contributed by atoms with van der Waals surface area (Å²) in [6.07, 6.45) is 16.6. The minimum atomic E-state index is 0.334. The molecule has 2 heteroatoms. The average molecular weight is 268 g/mol. The molecule has 0 spiro atoms. The average Bonchev–Trinajstić information content (AvgIpc) is 2.46. The second kappa shape index (κ2) is 9.77. The Kier molecular flexibility index (Phi) is 8.72. The number of hydrogen-bond acceptors (Lipinski definition) is 2. The van der Waals surface area contributed by atoms with Gasteiger partial charge in [-0.1, -0.05) is 64.7 Å².